The van der Waals surface area contributed by atoms with Crippen molar-refractivity contribution < 1.29 is 23.4 Å². The molecule has 1 aliphatic rings. The molecule has 1 aromatic carbocycles. The van der Waals surface area contributed by atoms with Crippen molar-refractivity contribution >= 4 is 5.91 Å². The molecule has 0 aliphatic carbocycles. The van der Waals surface area contributed by atoms with Crippen molar-refractivity contribution in [2.45, 2.75) is 32.0 Å². The number of rotatable bonds is 5. The third-order valence-electron chi connectivity index (χ3n) is 3.58. The van der Waals surface area contributed by atoms with Gasteiger partial charge >= 0.3 is 0 Å². The maximum Gasteiger partial charge on any atom is 0.223 e. The Labute approximate surface area is 122 Å². The van der Waals surface area contributed by atoms with Gasteiger partial charge in [0.25, 0.3) is 0 Å². The summed E-state index contributed by atoms with van der Waals surface area (Å²) in [7, 11) is 0. The second kappa shape index (κ2) is 6.95. The van der Waals surface area contributed by atoms with E-state index in [1.807, 2.05) is 6.92 Å². The lowest BCUT2D eigenvalue weighted by molar-refractivity contribution is -0.130. The third kappa shape index (κ3) is 3.98. The third-order valence-corrected chi connectivity index (χ3v) is 3.58. The molecule has 2 atom stereocenters. The van der Waals surface area contributed by atoms with Gasteiger partial charge in [0.1, 0.15) is 6.10 Å². The van der Waals surface area contributed by atoms with Crippen LogP contribution in [0.2, 0.25) is 0 Å². The summed E-state index contributed by atoms with van der Waals surface area (Å²) in [6.07, 6.45) is -0.488. The van der Waals surface area contributed by atoms with Gasteiger partial charge in [-0.25, -0.2) is 8.78 Å². The molecule has 0 spiro atoms. The Kier molecular flexibility index (Phi) is 5.25. The van der Waals surface area contributed by atoms with Crippen LogP contribution in [0.25, 0.3) is 0 Å². The highest BCUT2D eigenvalue weighted by Crippen LogP contribution is 2.16. The highest BCUT2D eigenvalue weighted by Gasteiger charge is 2.34. The summed E-state index contributed by atoms with van der Waals surface area (Å²) < 4.78 is 31.2. The molecule has 1 amide bonds. The number of aliphatic hydroxyl groups is 1. The topological polar surface area (TPSA) is 49.8 Å². The zero-order chi connectivity index (χ0) is 15.4. The summed E-state index contributed by atoms with van der Waals surface area (Å²) in [4.78, 5) is 13.6. The molecule has 2 unspecified atom stereocenters. The van der Waals surface area contributed by atoms with Crippen LogP contribution in [-0.4, -0.2) is 47.8 Å². The fourth-order valence-electron chi connectivity index (χ4n) is 2.44. The average molecular weight is 299 g/mol. The van der Waals surface area contributed by atoms with Gasteiger partial charge in [0.15, 0.2) is 11.6 Å². The van der Waals surface area contributed by atoms with Crippen LogP contribution in [0.4, 0.5) is 8.78 Å². The molecule has 21 heavy (non-hydrogen) atoms. The van der Waals surface area contributed by atoms with Gasteiger partial charge in [0, 0.05) is 26.1 Å². The Morgan fingerprint density at radius 3 is 2.81 bits per heavy atom. The number of hydrogen-bond donors (Lipinski definition) is 1. The van der Waals surface area contributed by atoms with Crippen molar-refractivity contribution in [3.05, 3.63) is 35.4 Å². The van der Waals surface area contributed by atoms with Crippen LogP contribution < -0.4 is 0 Å². The lowest BCUT2D eigenvalue weighted by Crippen LogP contribution is -2.30. The molecule has 4 nitrogen and oxygen atoms in total. The molecule has 1 N–H and O–H groups in total. The number of nitrogens with zero attached hydrogens (tertiary/aromatic N) is 1. The molecule has 1 fully saturated rings. The number of aliphatic hydroxyl groups excluding tert-OH is 1. The van der Waals surface area contributed by atoms with Crippen LogP contribution in [0.5, 0.6) is 0 Å². The summed E-state index contributed by atoms with van der Waals surface area (Å²) in [5.74, 6) is -1.93. The zero-order valence-corrected chi connectivity index (χ0v) is 11.9. The Hall–Kier alpha value is -1.53. The molecule has 1 aromatic rings. The van der Waals surface area contributed by atoms with Gasteiger partial charge in [-0.05, 0) is 31.0 Å². The minimum Gasteiger partial charge on any atom is -0.388 e. The summed E-state index contributed by atoms with van der Waals surface area (Å²) >= 11 is 0. The van der Waals surface area contributed by atoms with E-state index in [1.165, 1.54) is 6.07 Å². The SMILES string of the molecule is CCOC1CN(C(=O)CCc2ccc(F)c(F)c2)CC1O. The van der Waals surface area contributed by atoms with E-state index < -0.39 is 17.7 Å². The van der Waals surface area contributed by atoms with Crippen LogP contribution in [0.3, 0.4) is 0 Å². The normalized spacial score (nSPS) is 21.8. The van der Waals surface area contributed by atoms with Crippen molar-refractivity contribution in [1.29, 1.82) is 0 Å². The molecule has 0 aromatic heterocycles. The van der Waals surface area contributed by atoms with Gasteiger partial charge in [0.05, 0.1) is 6.10 Å². The standard InChI is InChI=1S/C15H19F2NO3/c1-2-21-14-9-18(8-13(14)19)15(20)6-4-10-3-5-11(16)12(17)7-10/h3,5,7,13-14,19H,2,4,6,8-9H2,1H3. The smallest absolute Gasteiger partial charge is 0.223 e. The van der Waals surface area contributed by atoms with Crippen LogP contribution in [-0.2, 0) is 16.0 Å². The number of carbonyl (C=O) groups excluding carboxylic acids is 1. The predicted molar refractivity (Wildman–Crippen MR) is 72.7 cm³/mol. The number of hydrogen-bond acceptors (Lipinski definition) is 3. The van der Waals surface area contributed by atoms with Crippen molar-refractivity contribution in [1.82, 2.24) is 4.90 Å². The van der Waals surface area contributed by atoms with Crippen molar-refractivity contribution in [2.75, 3.05) is 19.7 Å². The van der Waals surface area contributed by atoms with Gasteiger partial charge in [-0.3, -0.25) is 4.79 Å². The van der Waals surface area contributed by atoms with Gasteiger partial charge in [-0.1, -0.05) is 6.07 Å². The number of carbonyl (C=O) groups is 1. The second-order valence-electron chi connectivity index (χ2n) is 5.11. The maximum absolute atomic E-state index is 13.1. The largest absolute Gasteiger partial charge is 0.388 e. The van der Waals surface area contributed by atoms with Crippen LogP contribution in [0, 0.1) is 11.6 Å². The first kappa shape index (κ1) is 15.9. The molecular weight excluding hydrogens is 280 g/mol. The highest BCUT2D eigenvalue weighted by atomic mass is 19.2. The molecule has 0 radical (unpaired) electrons. The molecule has 1 saturated heterocycles. The number of benzene rings is 1. The molecule has 1 aliphatic heterocycles. The molecule has 116 valence electrons. The van der Waals surface area contributed by atoms with E-state index in [4.69, 9.17) is 4.74 Å². The van der Waals surface area contributed by atoms with Gasteiger partial charge in [-0.2, -0.15) is 0 Å². The predicted octanol–water partition coefficient (Wildman–Crippen LogP) is 1.51. The molecular formula is C15H19F2NO3. The second-order valence-corrected chi connectivity index (χ2v) is 5.11. The first-order valence-electron chi connectivity index (χ1n) is 7.02. The Morgan fingerprint density at radius 2 is 2.14 bits per heavy atom. The maximum atomic E-state index is 13.1. The number of ether oxygens (including phenoxy) is 1. The number of likely N-dealkylation sites (tertiary alicyclic amines) is 1. The number of halogens is 2. The summed E-state index contributed by atoms with van der Waals surface area (Å²) in [5, 5.41) is 9.78. The van der Waals surface area contributed by atoms with Gasteiger partial charge in [-0.15, -0.1) is 0 Å². The van der Waals surface area contributed by atoms with Crippen LogP contribution >= 0.6 is 0 Å². The lowest BCUT2D eigenvalue weighted by Gasteiger charge is -2.16. The molecule has 0 bridgehead atoms. The summed E-state index contributed by atoms with van der Waals surface area (Å²) in [5.41, 5.74) is 0.573. The van der Waals surface area contributed by atoms with E-state index in [0.29, 0.717) is 25.1 Å². The fraction of sp³-hybridized carbons (Fsp3) is 0.533. The van der Waals surface area contributed by atoms with E-state index in [1.54, 1.807) is 4.90 Å². The van der Waals surface area contributed by atoms with Crippen molar-refractivity contribution in [2.24, 2.45) is 0 Å². The molecule has 6 heteroatoms. The Morgan fingerprint density at radius 1 is 1.38 bits per heavy atom. The first-order chi connectivity index (χ1) is 10.0. The summed E-state index contributed by atoms with van der Waals surface area (Å²) in [6, 6.07) is 3.62. The zero-order valence-electron chi connectivity index (χ0n) is 11.9. The van der Waals surface area contributed by atoms with Crippen molar-refractivity contribution in [3.8, 4) is 0 Å². The highest BCUT2D eigenvalue weighted by molar-refractivity contribution is 5.76. The summed E-state index contributed by atoms with van der Waals surface area (Å²) in [6.45, 7) is 2.94. The lowest BCUT2D eigenvalue weighted by atomic mass is 10.1. The Balaban J connectivity index is 1.86. The van der Waals surface area contributed by atoms with E-state index in [-0.39, 0.29) is 25.0 Å². The van der Waals surface area contributed by atoms with E-state index in [9.17, 15) is 18.7 Å². The average Bonchev–Trinajstić information content (AvgIpc) is 2.82. The van der Waals surface area contributed by atoms with Crippen LogP contribution in [0.1, 0.15) is 18.9 Å². The van der Waals surface area contributed by atoms with E-state index >= 15 is 0 Å². The monoisotopic (exact) mass is 299 g/mol. The van der Waals surface area contributed by atoms with Crippen molar-refractivity contribution in [3.63, 3.8) is 0 Å². The quantitative estimate of drug-likeness (QED) is 0.896. The van der Waals surface area contributed by atoms with Gasteiger partial charge < -0.3 is 14.7 Å². The number of β-amino-alcohol motifs (C(OH)–C–C–N with tert-alkyl or cyclic N) is 1. The molecule has 1 heterocycles. The fourth-order valence-corrected chi connectivity index (χ4v) is 2.44. The molecule has 0 saturated carbocycles. The van der Waals surface area contributed by atoms with E-state index in [2.05, 4.69) is 0 Å². The van der Waals surface area contributed by atoms with Crippen LogP contribution in [0.15, 0.2) is 18.2 Å². The molecule has 2 rings (SSSR count). The minimum atomic E-state index is -0.909. The van der Waals surface area contributed by atoms with E-state index in [0.717, 1.165) is 12.1 Å². The Bertz CT molecular complexity index is 510. The first-order valence-corrected chi connectivity index (χ1v) is 7.02. The van der Waals surface area contributed by atoms with Gasteiger partial charge in [0.2, 0.25) is 5.91 Å². The number of amides is 1. The number of aryl methyl sites for hydroxylation is 1. The minimum absolute atomic E-state index is 0.124.